The molecule has 1 saturated heterocycles. The summed E-state index contributed by atoms with van der Waals surface area (Å²) in [4.78, 5) is 31.0. The summed E-state index contributed by atoms with van der Waals surface area (Å²) >= 11 is 0. The first-order valence-electron chi connectivity index (χ1n) is 10.6. The maximum Gasteiger partial charge on any atom is 0.255 e. The van der Waals surface area contributed by atoms with Crippen molar-refractivity contribution in [2.75, 3.05) is 19.0 Å². The molecule has 0 atom stereocenters. The number of hydrogen-bond donors (Lipinski definition) is 2. The Labute approximate surface area is 187 Å². The van der Waals surface area contributed by atoms with Crippen molar-refractivity contribution in [3.63, 3.8) is 0 Å². The maximum atomic E-state index is 12.9. The summed E-state index contributed by atoms with van der Waals surface area (Å²) in [7, 11) is 1.60. The van der Waals surface area contributed by atoms with E-state index in [1.807, 2.05) is 53.4 Å². The molecular formula is C25H26N4O3. The van der Waals surface area contributed by atoms with Crippen molar-refractivity contribution in [1.29, 1.82) is 0 Å². The van der Waals surface area contributed by atoms with Crippen molar-refractivity contribution in [2.24, 2.45) is 0 Å². The van der Waals surface area contributed by atoms with Crippen molar-refractivity contribution in [3.8, 4) is 5.75 Å². The summed E-state index contributed by atoms with van der Waals surface area (Å²) in [5.41, 5.74) is 3.21. The quantitative estimate of drug-likeness (QED) is 0.567. The molecule has 0 bridgehead atoms. The second-order valence-electron chi connectivity index (χ2n) is 7.65. The molecular weight excluding hydrogens is 404 g/mol. The molecule has 3 aromatic rings. The summed E-state index contributed by atoms with van der Waals surface area (Å²) in [5, 5.41) is 6.16. The fourth-order valence-electron chi connectivity index (χ4n) is 3.77. The van der Waals surface area contributed by atoms with E-state index in [2.05, 4.69) is 15.6 Å². The number of ether oxygens (including phenoxy) is 1. The molecule has 32 heavy (non-hydrogen) atoms. The van der Waals surface area contributed by atoms with Gasteiger partial charge in [0.1, 0.15) is 11.6 Å². The molecule has 0 radical (unpaired) electrons. The topological polar surface area (TPSA) is 83.6 Å². The molecule has 0 unspecified atom stereocenters. The summed E-state index contributed by atoms with van der Waals surface area (Å²) in [5.74, 6) is 1.10. The first kappa shape index (κ1) is 21.4. The highest BCUT2D eigenvalue weighted by molar-refractivity contribution is 5.99. The molecule has 0 aliphatic carbocycles. The van der Waals surface area contributed by atoms with Crippen LogP contribution in [-0.4, -0.2) is 35.4 Å². The fourth-order valence-corrected chi connectivity index (χ4v) is 3.77. The Kier molecular flexibility index (Phi) is 6.65. The molecule has 2 aromatic carbocycles. The van der Waals surface area contributed by atoms with E-state index in [9.17, 15) is 9.59 Å². The van der Waals surface area contributed by atoms with Gasteiger partial charge in [-0.05, 0) is 41.8 Å². The first-order valence-corrected chi connectivity index (χ1v) is 10.6. The highest BCUT2D eigenvalue weighted by atomic mass is 16.5. The molecule has 1 fully saturated rings. The van der Waals surface area contributed by atoms with Gasteiger partial charge in [0, 0.05) is 32.3 Å². The molecule has 4 rings (SSSR count). The van der Waals surface area contributed by atoms with Crippen LogP contribution in [0.2, 0.25) is 0 Å². The lowest BCUT2D eigenvalue weighted by molar-refractivity contribution is -0.128. The fraction of sp³-hybridized carbons (Fsp3) is 0.240. The second kappa shape index (κ2) is 9.96. The van der Waals surface area contributed by atoms with Crippen molar-refractivity contribution in [2.45, 2.75) is 25.9 Å². The Morgan fingerprint density at radius 2 is 1.94 bits per heavy atom. The highest BCUT2D eigenvalue weighted by Crippen LogP contribution is 2.27. The van der Waals surface area contributed by atoms with Crippen molar-refractivity contribution >= 4 is 23.3 Å². The smallest absolute Gasteiger partial charge is 0.255 e. The zero-order chi connectivity index (χ0) is 22.3. The number of anilines is 2. The number of para-hydroxylation sites is 2. The monoisotopic (exact) mass is 430 g/mol. The van der Waals surface area contributed by atoms with Crippen LogP contribution in [0.3, 0.4) is 0 Å². The van der Waals surface area contributed by atoms with Crippen LogP contribution in [0.15, 0.2) is 66.9 Å². The van der Waals surface area contributed by atoms with Crippen LogP contribution in [0.4, 0.5) is 11.5 Å². The maximum absolute atomic E-state index is 12.9. The van der Waals surface area contributed by atoms with Crippen LogP contribution in [0.1, 0.15) is 34.3 Å². The minimum atomic E-state index is -0.226. The first-order chi connectivity index (χ1) is 15.6. The number of aromatic nitrogens is 1. The lowest BCUT2D eigenvalue weighted by Crippen LogP contribution is -2.25. The number of nitrogens with one attached hydrogen (secondary N) is 2. The van der Waals surface area contributed by atoms with Crippen molar-refractivity contribution in [3.05, 3.63) is 83.6 Å². The van der Waals surface area contributed by atoms with E-state index < -0.39 is 0 Å². The number of pyridine rings is 1. The van der Waals surface area contributed by atoms with Gasteiger partial charge in [-0.1, -0.05) is 36.4 Å². The van der Waals surface area contributed by atoms with Gasteiger partial charge in [-0.2, -0.15) is 0 Å². The number of carbonyl (C=O) groups excluding carboxylic acids is 2. The number of benzene rings is 2. The molecule has 2 heterocycles. The zero-order valence-electron chi connectivity index (χ0n) is 18.0. The zero-order valence-corrected chi connectivity index (χ0v) is 18.0. The minimum absolute atomic E-state index is 0.204. The average molecular weight is 431 g/mol. The lowest BCUT2D eigenvalue weighted by atomic mass is 10.1. The van der Waals surface area contributed by atoms with Crippen LogP contribution in [0.25, 0.3) is 0 Å². The third-order valence-electron chi connectivity index (χ3n) is 5.40. The molecule has 2 N–H and O–H groups in total. The van der Waals surface area contributed by atoms with Crippen LogP contribution in [0, 0.1) is 0 Å². The largest absolute Gasteiger partial charge is 0.495 e. The van der Waals surface area contributed by atoms with Gasteiger partial charge in [-0.3, -0.25) is 9.59 Å². The normalized spacial score (nSPS) is 13.2. The number of likely N-dealkylation sites (tertiary alicyclic amines) is 1. The van der Waals surface area contributed by atoms with E-state index in [1.165, 1.54) is 0 Å². The number of nitrogens with zero attached hydrogens (tertiary/aromatic N) is 2. The van der Waals surface area contributed by atoms with Crippen molar-refractivity contribution in [1.82, 2.24) is 15.2 Å². The van der Waals surface area contributed by atoms with Gasteiger partial charge in [0.2, 0.25) is 5.91 Å². The summed E-state index contributed by atoms with van der Waals surface area (Å²) in [6, 6.07) is 18.9. The Balaban J connectivity index is 1.43. The highest BCUT2D eigenvalue weighted by Gasteiger charge is 2.20. The number of carbonyl (C=O) groups is 2. The predicted octanol–water partition coefficient (Wildman–Crippen LogP) is 3.89. The average Bonchev–Trinajstić information content (AvgIpc) is 3.22. The van der Waals surface area contributed by atoms with Crippen molar-refractivity contribution < 1.29 is 14.3 Å². The third-order valence-corrected chi connectivity index (χ3v) is 5.40. The van der Waals surface area contributed by atoms with Crippen LogP contribution >= 0.6 is 0 Å². The van der Waals surface area contributed by atoms with Gasteiger partial charge >= 0.3 is 0 Å². The molecule has 1 aliphatic rings. The molecule has 1 aromatic heterocycles. The third kappa shape index (κ3) is 5.06. The van der Waals surface area contributed by atoms with Gasteiger partial charge in [0.15, 0.2) is 0 Å². The summed E-state index contributed by atoms with van der Waals surface area (Å²) < 4.78 is 5.37. The van der Waals surface area contributed by atoms with Crippen LogP contribution in [-0.2, 0) is 17.9 Å². The van der Waals surface area contributed by atoms with Gasteiger partial charge in [-0.15, -0.1) is 0 Å². The lowest BCUT2D eigenvalue weighted by Gasteiger charge is -2.16. The van der Waals surface area contributed by atoms with E-state index in [4.69, 9.17) is 4.74 Å². The van der Waals surface area contributed by atoms with Crippen LogP contribution in [0.5, 0.6) is 5.75 Å². The molecule has 1 aliphatic heterocycles. The number of rotatable bonds is 8. The van der Waals surface area contributed by atoms with E-state index in [1.54, 1.807) is 25.4 Å². The molecule has 0 saturated carbocycles. The standard InChI is InChI=1S/C25H26N4O3/c1-32-22-11-3-2-10-21(22)28-24-20(9-5-13-26-24)25(31)27-16-18-7-4-8-19(15-18)17-29-14-6-12-23(29)30/h2-5,7-11,13,15H,6,12,14,16-17H2,1H3,(H,26,28)(H,27,31). The number of hydrogen-bond acceptors (Lipinski definition) is 5. The predicted molar refractivity (Wildman–Crippen MR) is 123 cm³/mol. The summed E-state index contributed by atoms with van der Waals surface area (Å²) in [6.07, 6.45) is 3.19. The van der Waals surface area contributed by atoms with E-state index in [-0.39, 0.29) is 11.8 Å². The van der Waals surface area contributed by atoms with Crippen LogP contribution < -0.4 is 15.4 Å². The SMILES string of the molecule is COc1ccccc1Nc1ncccc1C(=O)NCc1cccc(CN2CCCC2=O)c1. The molecule has 7 heteroatoms. The summed E-state index contributed by atoms with van der Waals surface area (Å²) in [6.45, 7) is 1.79. The molecule has 7 nitrogen and oxygen atoms in total. The number of methoxy groups -OCH3 is 1. The Morgan fingerprint density at radius 3 is 2.75 bits per heavy atom. The van der Waals surface area contributed by atoms with E-state index in [0.29, 0.717) is 36.6 Å². The molecule has 164 valence electrons. The van der Waals surface area contributed by atoms with Gasteiger partial charge in [0.25, 0.3) is 5.91 Å². The number of amides is 2. The van der Waals surface area contributed by atoms with E-state index in [0.717, 1.165) is 29.8 Å². The Hall–Kier alpha value is -3.87. The minimum Gasteiger partial charge on any atom is -0.495 e. The van der Waals surface area contributed by atoms with Gasteiger partial charge < -0.3 is 20.3 Å². The molecule has 0 spiro atoms. The van der Waals surface area contributed by atoms with E-state index >= 15 is 0 Å². The molecule has 2 amide bonds. The Morgan fingerprint density at radius 1 is 1.09 bits per heavy atom. The Bertz CT molecular complexity index is 1120. The van der Waals surface area contributed by atoms with Gasteiger partial charge in [0.05, 0.1) is 18.4 Å². The second-order valence-corrected chi connectivity index (χ2v) is 7.65. The van der Waals surface area contributed by atoms with Gasteiger partial charge in [-0.25, -0.2) is 4.98 Å².